The van der Waals surface area contributed by atoms with Gasteiger partial charge in [-0.15, -0.1) is 0 Å². The maximum absolute atomic E-state index is 14.2. The molecule has 0 spiro atoms. The summed E-state index contributed by atoms with van der Waals surface area (Å²) >= 11 is 11.7. The highest BCUT2D eigenvalue weighted by Gasteiger charge is 2.28. The van der Waals surface area contributed by atoms with Gasteiger partial charge in [0.15, 0.2) is 6.61 Å². The lowest BCUT2D eigenvalue weighted by molar-refractivity contribution is -0.119. The van der Waals surface area contributed by atoms with E-state index in [1.165, 1.54) is 22.5 Å². The van der Waals surface area contributed by atoms with Crippen LogP contribution in [0.5, 0.6) is 0 Å². The number of hydrogen-bond donors (Lipinski definition) is 1. The van der Waals surface area contributed by atoms with E-state index in [1.807, 2.05) is 0 Å². The molecule has 0 radical (unpaired) electrons. The molecule has 166 valence electrons. The zero-order valence-electron chi connectivity index (χ0n) is 15.9. The van der Waals surface area contributed by atoms with Gasteiger partial charge in [0.1, 0.15) is 5.82 Å². The average molecular weight is 491 g/mol. The molecule has 2 aromatic rings. The molecule has 0 atom stereocenters. The number of hydrogen-bond acceptors (Lipinski definition) is 6. The van der Waals surface area contributed by atoms with Crippen LogP contribution in [0.4, 0.5) is 10.1 Å². The zero-order chi connectivity index (χ0) is 22.6. The van der Waals surface area contributed by atoms with Crippen molar-refractivity contribution in [3.63, 3.8) is 0 Å². The predicted octanol–water partition coefficient (Wildman–Crippen LogP) is 2.95. The van der Waals surface area contributed by atoms with Crippen molar-refractivity contribution in [2.75, 3.05) is 38.2 Å². The third-order valence-corrected chi connectivity index (χ3v) is 6.75. The lowest BCUT2D eigenvalue weighted by Gasteiger charge is -2.26. The van der Waals surface area contributed by atoms with Crippen LogP contribution >= 0.6 is 23.2 Å². The molecule has 31 heavy (non-hydrogen) atoms. The molecule has 0 aromatic heterocycles. The van der Waals surface area contributed by atoms with Gasteiger partial charge in [0, 0.05) is 18.1 Å². The van der Waals surface area contributed by atoms with E-state index in [4.69, 9.17) is 32.7 Å². The summed E-state index contributed by atoms with van der Waals surface area (Å²) in [6.07, 6.45) is 0. The molecule has 0 unspecified atom stereocenters. The largest absolute Gasteiger partial charge is 0.452 e. The van der Waals surface area contributed by atoms with Gasteiger partial charge < -0.3 is 14.8 Å². The Hall–Kier alpha value is -2.24. The molecule has 8 nitrogen and oxygen atoms in total. The zero-order valence-corrected chi connectivity index (χ0v) is 18.3. The van der Waals surface area contributed by atoms with Gasteiger partial charge >= 0.3 is 5.97 Å². The van der Waals surface area contributed by atoms with E-state index < -0.39 is 39.9 Å². The van der Waals surface area contributed by atoms with E-state index in [-0.39, 0.29) is 41.9 Å². The van der Waals surface area contributed by atoms with Crippen LogP contribution in [0.3, 0.4) is 0 Å². The standard InChI is InChI=1S/C19H17Cl2FN2O6S/c20-12-1-4-17(15(21)9-12)23-18(25)11-30-19(26)14-10-13(2-3-16(14)22)31(27,28)24-5-7-29-8-6-24/h1-4,9-10H,5-8,11H2,(H,23,25). The van der Waals surface area contributed by atoms with Crippen molar-refractivity contribution in [2.24, 2.45) is 0 Å². The minimum Gasteiger partial charge on any atom is -0.452 e. The van der Waals surface area contributed by atoms with E-state index in [2.05, 4.69) is 5.32 Å². The first-order valence-corrected chi connectivity index (χ1v) is 11.2. The molecule has 0 aliphatic carbocycles. The van der Waals surface area contributed by atoms with Crippen LogP contribution in [0.15, 0.2) is 41.3 Å². The van der Waals surface area contributed by atoms with Crippen LogP contribution in [0.2, 0.25) is 10.0 Å². The molecule has 2 aromatic carbocycles. The number of sulfonamides is 1. The van der Waals surface area contributed by atoms with Crippen LogP contribution in [0.1, 0.15) is 10.4 Å². The number of ether oxygens (including phenoxy) is 2. The molecule has 0 bridgehead atoms. The molecule has 1 N–H and O–H groups in total. The second-order valence-corrected chi connectivity index (χ2v) is 9.19. The Morgan fingerprint density at radius 3 is 2.52 bits per heavy atom. The van der Waals surface area contributed by atoms with Gasteiger partial charge in [-0.05, 0) is 36.4 Å². The number of benzene rings is 2. The molecule has 1 saturated heterocycles. The van der Waals surface area contributed by atoms with Crippen LogP contribution in [-0.4, -0.2) is 57.5 Å². The molecule has 1 fully saturated rings. The topological polar surface area (TPSA) is 102 Å². The summed E-state index contributed by atoms with van der Waals surface area (Å²) in [7, 11) is -3.94. The highest BCUT2D eigenvalue weighted by molar-refractivity contribution is 7.89. The molecule has 1 amide bonds. The second kappa shape index (κ2) is 9.92. The SMILES string of the molecule is O=C(COC(=O)c1cc(S(=O)(=O)N2CCOCC2)ccc1F)Nc1ccc(Cl)cc1Cl. The van der Waals surface area contributed by atoms with Gasteiger partial charge in [-0.3, -0.25) is 4.79 Å². The third kappa shape index (κ3) is 5.72. The summed E-state index contributed by atoms with van der Waals surface area (Å²) in [6.45, 7) is 0.0294. The molecular weight excluding hydrogens is 474 g/mol. The lowest BCUT2D eigenvalue weighted by atomic mass is 10.2. The highest BCUT2D eigenvalue weighted by atomic mass is 35.5. The van der Waals surface area contributed by atoms with Gasteiger partial charge in [0.2, 0.25) is 10.0 Å². The Balaban J connectivity index is 1.68. The minimum atomic E-state index is -3.94. The number of halogens is 3. The van der Waals surface area contributed by atoms with Gasteiger partial charge in [-0.1, -0.05) is 23.2 Å². The molecule has 12 heteroatoms. The first kappa shape index (κ1) is 23.4. The number of nitrogens with zero attached hydrogens (tertiary/aromatic N) is 1. The first-order valence-electron chi connectivity index (χ1n) is 8.98. The van der Waals surface area contributed by atoms with E-state index >= 15 is 0 Å². The Labute approximate surface area is 187 Å². The van der Waals surface area contributed by atoms with Crippen molar-refractivity contribution >= 4 is 50.8 Å². The minimum absolute atomic E-state index is 0.146. The van der Waals surface area contributed by atoms with Crippen molar-refractivity contribution in [1.29, 1.82) is 0 Å². The van der Waals surface area contributed by atoms with E-state index in [0.717, 1.165) is 18.2 Å². The van der Waals surface area contributed by atoms with E-state index in [9.17, 15) is 22.4 Å². The highest BCUT2D eigenvalue weighted by Crippen LogP contribution is 2.25. The maximum Gasteiger partial charge on any atom is 0.341 e. The van der Waals surface area contributed by atoms with Crippen molar-refractivity contribution in [1.82, 2.24) is 4.31 Å². The van der Waals surface area contributed by atoms with Gasteiger partial charge in [0.05, 0.1) is 34.4 Å². The Bertz CT molecular complexity index is 1110. The van der Waals surface area contributed by atoms with Crippen molar-refractivity contribution in [2.45, 2.75) is 4.90 Å². The Kier molecular flexibility index (Phi) is 7.50. The van der Waals surface area contributed by atoms with Crippen molar-refractivity contribution < 1.29 is 31.9 Å². The van der Waals surface area contributed by atoms with Crippen LogP contribution in [-0.2, 0) is 24.3 Å². The molecule has 3 rings (SSSR count). The molecular formula is C19H17Cl2FN2O6S. The Morgan fingerprint density at radius 2 is 1.84 bits per heavy atom. The maximum atomic E-state index is 14.2. The fourth-order valence-corrected chi connectivity index (χ4v) is 4.63. The van der Waals surface area contributed by atoms with Crippen LogP contribution in [0.25, 0.3) is 0 Å². The number of nitrogens with one attached hydrogen (secondary N) is 1. The van der Waals surface area contributed by atoms with Crippen molar-refractivity contribution in [3.8, 4) is 0 Å². The third-order valence-electron chi connectivity index (χ3n) is 4.31. The second-order valence-electron chi connectivity index (χ2n) is 6.41. The molecule has 1 heterocycles. The smallest absolute Gasteiger partial charge is 0.341 e. The number of carbonyl (C=O) groups excluding carboxylic acids is 2. The lowest BCUT2D eigenvalue weighted by Crippen LogP contribution is -2.40. The van der Waals surface area contributed by atoms with Crippen molar-refractivity contribution in [3.05, 3.63) is 57.8 Å². The summed E-state index contributed by atoms with van der Waals surface area (Å²) in [4.78, 5) is 24.0. The monoisotopic (exact) mass is 490 g/mol. The summed E-state index contributed by atoms with van der Waals surface area (Å²) in [5, 5.41) is 2.97. The van der Waals surface area contributed by atoms with Gasteiger partial charge in [-0.2, -0.15) is 4.31 Å². The summed E-state index contributed by atoms with van der Waals surface area (Å²) in [5.74, 6) is -2.89. The normalized spacial score (nSPS) is 14.8. The average Bonchev–Trinajstić information content (AvgIpc) is 2.75. The number of amides is 1. The Morgan fingerprint density at radius 1 is 1.13 bits per heavy atom. The molecule has 1 aliphatic rings. The first-order chi connectivity index (χ1) is 14.7. The predicted molar refractivity (Wildman–Crippen MR) is 111 cm³/mol. The number of rotatable bonds is 6. The number of morpholine rings is 1. The fourth-order valence-electron chi connectivity index (χ4n) is 2.74. The van der Waals surface area contributed by atoms with Crippen LogP contribution < -0.4 is 5.32 Å². The van der Waals surface area contributed by atoms with E-state index in [0.29, 0.717) is 5.02 Å². The summed E-state index contributed by atoms with van der Waals surface area (Å²) in [6, 6.07) is 7.19. The quantitative estimate of drug-likeness (QED) is 0.624. The number of anilines is 1. The molecule has 0 saturated carbocycles. The van der Waals surface area contributed by atoms with E-state index in [1.54, 1.807) is 0 Å². The van der Waals surface area contributed by atoms with Gasteiger partial charge in [-0.25, -0.2) is 17.6 Å². The van der Waals surface area contributed by atoms with Crippen LogP contribution in [0, 0.1) is 5.82 Å². The molecule has 1 aliphatic heterocycles. The fraction of sp³-hybridized carbons (Fsp3) is 0.263. The van der Waals surface area contributed by atoms with Gasteiger partial charge in [0.25, 0.3) is 5.91 Å². The summed E-state index contributed by atoms with van der Waals surface area (Å²) in [5.41, 5.74) is -0.358. The summed E-state index contributed by atoms with van der Waals surface area (Å²) < 4.78 is 50.7. The number of carbonyl (C=O) groups is 2. The number of esters is 1.